The summed E-state index contributed by atoms with van der Waals surface area (Å²) in [6.45, 7) is 11.0. The smallest absolute Gasteiger partial charge is 0.186 e. The van der Waals surface area contributed by atoms with Crippen molar-refractivity contribution in [3.05, 3.63) is 35.4 Å². The first kappa shape index (κ1) is 20.3. The first-order chi connectivity index (χ1) is 10.9. The van der Waals surface area contributed by atoms with Gasteiger partial charge in [-0.15, -0.1) is 0 Å². The summed E-state index contributed by atoms with van der Waals surface area (Å²) >= 11 is 1.39. The van der Waals surface area contributed by atoms with Gasteiger partial charge in [0.15, 0.2) is 5.12 Å². The zero-order valence-electron chi connectivity index (χ0n) is 15.7. The minimum Gasteiger partial charge on any atom is -0.288 e. The van der Waals surface area contributed by atoms with Gasteiger partial charge in [-0.25, -0.2) is 0 Å². The Morgan fingerprint density at radius 2 is 1.70 bits per heavy atom. The molecule has 1 aromatic rings. The van der Waals surface area contributed by atoms with Crippen molar-refractivity contribution in [3.63, 3.8) is 0 Å². The lowest BCUT2D eigenvalue weighted by molar-refractivity contribution is -0.109. The number of benzene rings is 1. The fourth-order valence-corrected chi connectivity index (χ4v) is 3.83. The van der Waals surface area contributed by atoms with Crippen LogP contribution in [0.4, 0.5) is 0 Å². The Balaban J connectivity index is 2.67. The molecule has 1 atom stereocenters. The van der Waals surface area contributed by atoms with Crippen LogP contribution >= 0.6 is 11.8 Å². The molecule has 0 aliphatic rings. The lowest BCUT2D eigenvalue weighted by Crippen LogP contribution is -2.13. The van der Waals surface area contributed by atoms with Gasteiger partial charge < -0.3 is 0 Å². The number of hydrogen-bond acceptors (Lipinski definition) is 2. The topological polar surface area (TPSA) is 17.1 Å². The van der Waals surface area contributed by atoms with Crippen LogP contribution in [0.5, 0.6) is 0 Å². The molecular weight excluding hydrogens is 300 g/mol. The van der Waals surface area contributed by atoms with Gasteiger partial charge in [0.05, 0.1) is 0 Å². The Morgan fingerprint density at radius 3 is 2.22 bits per heavy atom. The molecule has 1 aromatic carbocycles. The molecule has 0 saturated carbocycles. The Labute approximate surface area is 147 Å². The highest BCUT2D eigenvalue weighted by Gasteiger charge is 2.20. The van der Waals surface area contributed by atoms with Crippen LogP contribution in [0, 0.1) is 5.41 Å². The quantitative estimate of drug-likeness (QED) is 0.460. The highest BCUT2D eigenvalue weighted by atomic mass is 32.2. The van der Waals surface area contributed by atoms with Crippen LogP contribution < -0.4 is 0 Å². The second kappa shape index (κ2) is 10.2. The largest absolute Gasteiger partial charge is 0.288 e. The van der Waals surface area contributed by atoms with Crippen molar-refractivity contribution in [2.24, 2.45) is 5.41 Å². The van der Waals surface area contributed by atoms with Crippen LogP contribution in [0.2, 0.25) is 0 Å². The molecule has 0 heterocycles. The summed E-state index contributed by atoms with van der Waals surface area (Å²) in [5, 5.41) is 0.191. The average Bonchev–Trinajstić information content (AvgIpc) is 2.50. The molecule has 0 bridgehead atoms. The van der Waals surface area contributed by atoms with Gasteiger partial charge in [-0.3, -0.25) is 4.79 Å². The minimum absolute atomic E-state index is 0.191. The zero-order valence-corrected chi connectivity index (χ0v) is 16.5. The monoisotopic (exact) mass is 334 g/mol. The predicted octanol–water partition coefficient (Wildman–Crippen LogP) is 6.96. The van der Waals surface area contributed by atoms with Gasteiger partial charge in [-0.1, -0.05) is 76.6 Å². The van der Waals surface area contributed by atoms with Gasteiger partial charge in [0, 0.05) is 12.7 Å². The summed E-state index contributed by atoms with van der Waals surface area (Å²) in [5.41, 5.74) is 3.17. The fourth-order valence-electron chi connectivity index (χ4n) is 3.26. The van der Waals surface area contributed by atoms with Crippen LogP contribution in [0.1, 0.15) is 90.2 Å². The number of hydrogen-bond donors (Lipinski definition) is 0. The molecule has 0 amide bonds. The van der Waals surface area contributed by atoms with Gasteiger partial charge in [0.25, 0.3) is 0 Å². The summed E-state index contributed by atoms with van der Waals surface area (Å²) in [4.78, 5) is 11.1. The molecule has 0 aliphatic heterocycles. The summed E-state index contributed by atoms with van der Waals surface area (Å²) in [5.74, 6) is 1.46. The van der Waals surface area contributed by atoms with Crippen molar-refractivity contribution in [2.75, 3.05) is 0 Å². The van der Waals surface area contributed by atoms with E-state index in [0.29, 0.717) is 11.3 Å². The Hall–Kier alpha value is -0.760. The molecule has 0 fully saturated rings. The summed E-state index contributed by atoms with van der Waals surface area (Å²) in [6, 6.07) is 8.96. The fraction of sp³-hybridized carbons (Fsp3) is 0.667. The standard InChI is InChI=1S/C21H34OS/c1-6-8-19(13-15-21(4,5)14-7-2)20-11-9-18(10-12-20)16-23-17(3)22/h9-12,19H,6-8,13-16H2,1-5H3. The summed E-state index contributed by atoms with van der Waals surface area (Å²) < 4.78 is 0. The van der Waals surface area contributed by atoms with E-state index in [4.69, 9.17) is 0 Å². The van der Waals surface area contributed by atoms with Gasteiger partial charge in [0.1, 0.15) is 0 Å². The normalized spacial score (nSPS) is 13.1. The van der Waals surface area contributed by atoms with E-state index in [-0.39, 0.29) is 5.12 Å². The van der Waals surface area contributed by atoms with Gasteiger partial charge >= 0.3 is 0 Å². The predicted molar refractivity (Wildman–Crippen MR) is 104 cm³/mol. The molecule has 0 spiro atoms. The van der Waals surface area contributed by atoms with E-state index in [1.807, 2.05) is 0 Å². The van der Waals surface area contributed by atoms with E-state index in [1.54, 1.807) is 6.92 Å². The van der Waals surface area contributed by atoms with E-state index in [0.717, 1.165) is 5.75 Å². The molecule has 23 heavy (non-hydrogen) atoms. The van der Waals surface area contributed by atoms with Crippen LogP contribution in [-0.2, 0) is 10.5 Å². The molecule has 0 N–H and O–H groups in total. The molecule has 2 heteroatoms. The Kier molecular flexibility index (Phi) is 8.98. The molecule has 0 radical (unpaired) electrons. The van der Waals surface area contributed by atoms with E-state index in [1.165, 1.54) is 61.4 Å². The molecule has 0 aromatic heterocycles. The van der Waals surface area contributed by atoms with E-state index < -0.39 is 0 Å². The van der Waals surface area contributed by atoms with Gasteiger partial charge in [-0.05, 0) is 48.1 Å². The first-order valence-corrected chi connectivity index (χ1v) is 10.1. The number of carbonyl (C=O) groups excluding carboxylic acids is 1. The summed E-state index contributed by atoms with van der Waals surface area (Å²) in [6.07, 6.45) is 7.67. The second-order valence-corrected chi connectivity index (χ2v) is 8.61. The molecule has 0 saturated heterocycles. The zero-order chi connectivity index (χ0) is 17.3. The third kappa shape index (κ3) is 8.06. The Morgan fingerprint density at radius 1 is 1.04 bits per heavy atom. The van der Waals surface area contributed by atoms with Crippen molar-refractivity contribution in [2.45, 2.75) is 84.8 Å². The van der Waals surface area contributed by atoms with Crippen molar-refractivity contribution < 1.29 is 4.79 Å². The number of rotatable bonds is 10. The molecule has 1 rings (SSSR count). The molecule has 130 valence electrons. The van der Waals surface area contributed by atoms with Crippen molar-refractivity contribution in [1.29, 1.82) is 0 Å². The maximum atomic E-state index is 11.1. The first-order valence-electron chi connectivity index (χ1n) is 9.10. The molecule has 0 aliphatic carbocycles. The van der Waals surface area contributed by atoms with E-state index >= 15 is 0 Å². The molecule has 1 unspecified atom stereocenters. The Bertz CT molecular complexity index is 461. The van der Waals surface area contributed by atoms with Crippen LogP contribution in [-0.4, -0.2) is 5.12 Å². The lowest BCUT2D eigenvalue weighted by Gasteiger charge is -2.27. The average molecular weight is 335 g/mol. The third-order valence-corrected chi connectivity index (χ3v) is 5.51. The maximum absolute atomic E-state index is 11.1. The van der Waals surface area contributed by atoms with Crippen molar-refractivity contribution in [3.8, 4) is 0 Å². The highest BCUT2D eigenvalue weighted by Crippen LogP contribution is 2.35. The third-order valence-electron chi connectivity index (χ3n) is 4.63. The van der Waals surface area contributed by atoms with Gasteiger partial charge in [0.2, 0.25) is 0 Å². The van der Waals surface area contributed by atoms with Crippen molar-refractivity contribution in [1.82, 2.24) is 0 Å². The van der Waals surface area contributed by atoms with Crippen LogP contribution in [0.3, 0.4) is 0 Å². The second-order valence-electron chi connectivity index (χ2n) is 7.46. The van der Waals surface area contributed by atoms with Crippen LogP contribution in [0.25, 0.3) is 0 Å². The number of carbonyl (C=O) groups is 1. The minimum atomic E-state index is 0.191. The lowest BCUT2D eigenvalue weighted by atomic mass is 9.79. The number of thioether (sulfide) groups is 1. The van der Waals surface area contributed by atoms with Crippen molar-refractivity contribution >= 4 is 16.9 Å². The van der Waals surface area contributed by atoms with Crippen LogP contribution in [0.15, 0.2) is 24.3 Å². The molecular formula is C21H34OS. The van der Waals surface area contributed by atoms with Gasteiger partial charge in [-0.2, -0.15) is 0 Å². The summed E-state index contributed by atoms with van der Waals surface area (Å²) in [7, 11) is 0. The SMILES string of the molecule is CCCC(CCC(C)(C)CCC)c1ccc(CSC(C)=O)cc1. The highest BCUT2D eigenvalue weighted by molar-refractivity contribution is 8.12. The van der Waals surface area contributed by atoms with E-state index in [2.05, 4.69) is 52.0 Å². The van der Waals surface area contributed by atoms with E-state index in [9.17, 15) is 4.79 Å². The maximum Gasteiger partial charge on any atom is 0.186 e. The molecule has 1 nitrogen and oxygen atoms in total.